The number of amides is 4. The zero-order chi connectivity index (χ0) is 34.7. The van der Waals surface area contributed by atoms with Gasteiger partial charge in [-0.15, -0.1) is 0 Å². The quantitative estimate of drug-likeness (QED) is 0.313. The van der Waals surface area contributed by atoms with Crippen LogP contribution in [0.3, 0.4) is 0 Å². The van der Waals surface area contributed by atoms with E-state index in [4.69, 9.17) is 4.74 Å². The van der Waals surface area contributed by atoms with Gasteiger partial charge in [0.2, 0.25) is 23.6 Å². The SMILES string of the molecule is O=C1CCC(=O)N[C@@H](Cc2ccccc2)C(=O)Nc2cccc(n2)NC(=O)CC2=CC=C(CC2)C2=CC=C(CC2)COC2=CC=C(CC2)CN1. The van der Waals surface area contributed by atoms with Crippen LogP contribution in [0.1, 0.15) is 63.4 Å². The summed E-state index contributed by atoms with van der Waals surface area (Å²) in [7, 11) is 0. The van der Waals surface area contributed by atoms with Gasteiger partial charge in [0.15, 0.2) is 0 Å². The number of fused-ring (bicyclic) bond motifs is 3. The van der Waals surface area contributed by atoms with Gasteiger partial charge in [0.1, 0.15) is 24.3 Å². The smallest absolute Gasteiger partial charge is 0.248 e. The van der Waals surface area contributed by atoms with Gasteiger partial charge in [-0.2, -0.15) is 0 Å². The molecule has 50 heavy (non-hydrogen) atoms. The third kappa shape index (κ3) is 10.0. The molecule has 1 aromatic heterocycles. The molecule has 9 rings (SSSR count). The van der Waals surface area contributed by atoms with Crippen LogP contribution in [-0.2, 0) is 30.3 Å². The van der Waals surface area contributed by atoms with Crippen molar-refractivity contribution >= 4 is 35.3 Å². The highest BCUT2D eigenvalue weighted by Crippen LogP contribution is 2.32. The number of anilines is 2. The summed E-state index contributed by atoms with van der Waals surface area (Å²) in [4.78, 5) is 56.5. The molecule has 5 heterocycles. The molecule has 0 fully saturated rings. The number of rotatable bonds is 2. The molecule has 0 radical (unpaired) electrons. The second-order valence-corrected chi connectivity index (χ2v) is 13.0. The van der Waals surface area contributed by atoms with Gasteiger partial charge in [-0.1, -0.05) is 77.9 Å². The molecule has 258 valence electrons. The lowest BCUT2D eigenvalue weighted by Crippen LogP contribution is -2.45. The maximum atomic E-state index is 13.5. The van der Waals surface area contributed by atoms with Crippen LogP contribution < -0.4 is 21.3 Å². The number of carbonyl (C=O) groups is 4. The predicted molar refractivity (Wildman–Crippen MR) is 193 cm³/mol. The lowest BCUT2D eigenvalue weighted by molar-refractivity contribution is -0.128. The van der Waals surface area contributed by atoms with Crippen molar-refractivity contribution in [2.75, 3.05) is 23.8 Å². The summed E-state index contributed by atoms with van der Waals surface area (Å²) < 4.78 is 6.12. The van der Waals surface area contributed by atoms with Gasteiger partial charge in [-0.3, -0.25) is 19.2 Å². The molecule has 0 spiro atoms. The standard InChI is InChI=1S/C40H43N5O5/c46-37-21-22-38(47)42-34(23-27-5-2-1-3-6-27)40(49)45-36-8-4-7-35(43-36)44-39(48)24-28-9-15-31(16-10-28)32-17-11-30(12-18-32)26-50-33-19-13-29(14-20-33)25-41-37/h1-9,11,13,15,17,19,34H,10,12,14,16,18,20-26H2,(H,41,46)(H,42,47)(H2,43,44,45,48,49)/t34-/m0/s1. The highest BCUT2D eigenvalue weighted by molar-refractivity contribution is 5.97. The number of carbonyl (C=O) groups excluding carboxylic acids is 4. The lowest BCUT2D eigenvalue weighted by atomic mass is 9.87. The van der Waals surface area contributed by atoms with Crippen molar-refractivity contribution in [2.45, 2.75) is 70.3 Å². The Hall–Kier alpha value is -5.51. The van der Waals surface area contributed by atoms with Gasteiger partial charge in [0.25, 0.3) is 0 Å². The first-order valence-electron chi connectivity index (χ1n) is 17.3. The van der Waals surface area contributed by atoms with E-state index >= 15 is 0 Å². The number of allylic oxidation sites excluding steroid dienone is 9. The summed E-state index contributed by atoms with van der Waals surface area (Å²) in [5.41, 5.74) is 6.89. The molecule has 8 bridgehead atoms. The van der Waals surface area contributed by atoms with E-state index in [9.17, 15) is 19.2 Å². The molecule has 1 atom stereocenters. The summed E-state index contributed by atoms with van der Waals surface area (Å²) >= 11 is 0. The molecule has 10 nitrogen and oxygen atoms in total. The molecule has 0 saturated heterocycles. The molecule has 7 aliphatic rings. The van der Waals surface area contributed by atoms with Crippen LogP contribution in [0.15, 0.2) is 119 Å². The summed E-state index contributed by atoms with van der Waals surface area (Å²) in [5, 5.41) is 11.3. The van der Waals surface area contributed by atoms with Gasteiger partial charge in [-0.25, -0.2) is 4.98 Å². The number of hydrogen-bond acceptors (Lipinski definition) is 6. The Kier molecular flexibility index (Phi) is 11.5. The number of ether oxygens (including phenoxy) is 1. The summed E-state index contributed by atoms with van der Waals surface area (Å²) in [5.74, 6) is 0.187. The Labute approximate surface area is 292 Å². The van der Waals surface area contributed by atoms with Gasteiger partial charge in [0.05, 0.1) is 5.76 Å². The van der Waals surface area contributed by atoms with Crippen LogP contribution in [-0.4, -0.2) is 47.8 Å². The largest absolute Gasteiger partial charge is 0.494 e. The van der Waals surface area contributed by atoms with Crippen LogP contribution in [0.5, 0.6) is 0 Å². The molecule has 4 aliphatic heterocycles. The second kappa shape index (κ2) is 16.7. The van der Waals surface area contributed by atoms with E-state index in [-0.39, 0.29) is 43.3 Å². The van der Waals surface area contributed by atoms with Crippen LogP contribution >= 0.6 is 0 Å². The van der Waals surface area contributed by atoms with Crippen molar-refractivity contribution < 1.29 is 23.9 Å². The fourth-order valence-corrected chi connectivity index (χ4v) is 6.31. The fourth-order valence-electron chi connectivity index (χ4n) is 6.31. The second-order valence-electron chi connectivity index (χ2n) is 13.0. The molecule has 0 saturated carbocycles. The average Bonchev–Trinajstić information content (AvgIpc) is 3.13. The maximum Gasteiger partial charge on any atom is 0.248 e. The summed E-state index contributed by atoms with van der Waals surface area (Å²) in [6.07, 6.45) is 18.1. The minimum atomic E-state index is -0.914. The van der Waals surface area contributed by atoms with E-state index in [0.29, 0.717) is 19.0 Å². The van der Waals surface area contributed by atoms with Crippen molar-refractivity contribution in [3.05, 3.63) is 124 Å². The van der Waals surface area contributed by atoms with Crippen LogP contribution in [0.25, 0.3) is 0 Å². The van der Waals surface area contributed by atoms with Gasteiger partial charge < -0.3 is 26.0 Å². The highest BCUT2D eigenvalue weighted by Gasteiger charge is 2.23. The normalized spacial score (nSPS) is 21.1. The predicted octanol–water partition coefficient (Wildman–Crippen LogP) is 5.90. The van der Waals surface area contributed by atoms with Crippen molar-refractivity contribution in [3.8, 4) is 0 Å². The van der Waals surface area contributed by atoms with E-state index in [1.165, 1.54) is 16.7 Å². The van der Waals surface area contributed by atoms with Gasteiger partial charge in [0, 0.05) is 38.6 Å². The number of aromatic nitrogens is 1. The minimum absolute atomic E-state index is 0.00819. The lowest BCUT2D eigenvalue weighted by Gasteiger charge is -2.21. The van der Waals surface area contributed by atoms with Crippen molar-refractivity contribution in [2.24, 2.45) is 0 Å². The summed E-state index contributed by atoms with van der Waals surface area (Å²) in [6.45, 7) is 0.961. The van der Waals surface area contributed by atoms with E-state index in [0.717, 1.165) is 61.0 Å². The van der Waals surface area contributed by atoms with Crippen LogP contribution in [0.2, 0.25) is 0 Å². The maximum absolute atomic E-state index is 13.5. The highest BCUT2D eigenvalue weighted by atomic mass is 16.5. The van der Waals surface area contributed by atoms with Crippen molar-refractivity contribution in [1.29, 1.82) is 0 Å². The number of nitrogens with one attached hydrogen (secondary N) is 4. The first-order valence-corrected chi connectivity index (χ1v) is 17.3. The first-order chi connectivity index (χ1) is 24.4. The number of pyridine rings is 1. The van der Waals surface area contributed by atoms with E-state index < -0.39 is 17.9 Å². The molecular weight excluding hydrogens is 630 g/mol. The Morgan fingerprint density at radius 1 is 0.620 bits per heavy atom. The fraction of sp³-hybridized carbons (Fsp3) is 0.325. The average molecular weight is 674 g/mol. The van der Waals surface area contributed by atoms with E-state index in [1.807, 2.05) is 42.5 Å². The Morgan fingerprint density at radius 2 is 1.30 bits per heavy atom. The van der Waals surface area contributed by atoms with Crippen molar-refractivity contribution in [1.82, 2.24) is 15.6 Å². The summed E-state index contributed by atoms with van der Waals surface area (Å²) in [6, 6.07) is 13.4. The molecule has 3 aliphatic carbocycles. The third-order valence-corrected chi connectivity index (χ3v) is 9.21. The molecular formula is C40H43N5O5. The minimum Gasteiger partial charge on any atom is -0.494 e. The zero-order valence-corrected chi connectivity index (χ0v) is 28.1. The number of nitrogens with zero attached hydrogens (tertiary/aromatic N) is 1. The Bertz CT molecular complexity index is 1820. The zero-order valence-electron chi connectivity index (χ0n) is 28.1. The van der Waals surface area contributed by atoms with Gasteiger partial charge >= 0.3 is 0 Å². The Morgan fingerprint density at radius 3 is 2.00 bits per heavy atom. The number of benzene rings is 1. The Balaban J connectivity index is 1.18. The third-order valence-electron chi connectivity index (χ3n) is 9.21. The van der Waals surface area contributed by atoms with Crippen molar-refractivity contribution in [3.63, 3.8) is 0 Å². The molecule has 1 aromatic carbocycles. The van der Waals surface area contributed by atoms with Crippen LogP contribution in [0, 0.1) is 0 Å². The topological polar surface area (TPSA) is 139 Å². The monoisotopic (exact) mass is 673 g/mol. The number of hydrogen-bond donors (Lipinski definition) is 4. The van der Waals surface area contributed by atoms with E-state index in [2.05, 4.69) is 50.6 Å². The van der Waals surface area contributed by atoms with Gasteiger partial charge in [-0.05, 0) is 72.6 Å². The van der Waals surface area contributed by atoms with E-state index in [1.54, 1.807) is 18.2 Å². The first kappa shape index (κ1) is 34.4. The van der Waals surface area contributed by atoms with Crippen LogP contribution in [0.4, 0.5) is 11.6 Å². The molecule has 2 aromatic rings. The molecule has 10 heteroatoms. The molecule has 4 amide bonds. The molecule has 4 N–H and O–H groups in total. The molecule has 0 unspecified atom stereocenters.